The van der Waals surface area contributed by atoms with E-state index >= 15 is 0 Å². The van der Waals surface area contributed by atoms with E-state index in [0.717, 1.165) is 37.2 Å². The standard InChI is InChI=1S/C28H32FN7O3/c1-17-9-35(25-5-3-20(7-30)36-27(25)23(29)8-32-36)11-21(39-17)10-33-15-28(16-33)22-4-2-19(6-18(22)14-38-28)34-12-24(31)26(37)13-34/h2-6,8,17,21,24,26,37H,9-16,31H2,1H3/t17-,21+,24+,26+/m1/s1. The maximum atomic E-state index is 14.7. The zero-order valence-corrected chi connectivity index (χ0v) is 21.8. The molecular weight excluding hydrogens is 501 g/mol. The molecule has 7 rings (SSSR count). The molecule has 0 amide bonds. The Kier molecular flexibility index (Phi) is 5.80. The highest BCUT2D eigenvalue weighted by Gasteiger charge is 2.50. The van der Waals surface area contributed by atoms with Gasteiger partial charge in [-0.05, 0) is 42.3 Å². The Labute approximate surface area is 225 Å². The van der Waals surface area contributed by atoms with Crippen molar-refractivity contribution in [2.24, 2.45) is 5.73 Å². The van der Waals surface area contributed by atoms with Gasteiger partial charge in [0, 0.05) is 57.5 Å². The SMILES string of the molecule is C[C@@H]1CN(c2ccc(C#N)n3ncc(F)c23)C[C@H](CN2CC3(C2)OCc2cc(N4C[C@H](N)[C@@H](O)C4)ccc23)O1. The number of aromatic nitrogens is 2. The van der Waals surface area contributed by atoms with E-state index in [1.54, 1.807) is 12.1 Å². The third-order valence-electron chi connectivity index (χ3n) is 8.58. The van der Waals surface area contributed by atoms with Crippen molar-refractivity contribution in [3.05, 3.63) is 59.2 Å². The summed E-state index contributed by atoms with van der Waals surface area (Å²) in [5.41, 5.74) is 10.6. The van der Waals surface area contributed by atoms with Crippen LogP contribution in [0.4, 0.5) is 15.8 Å². The Morgan fingerprint density at radius 3 is 2.79 bits per heavy atom. The van der Waals surface area contributed by atoms with Gasteiger partial charge < -0.3 is 30.1 Å². The first-order chi connectivity index (χ1) is 18.8. The molecule has 4 aliphatic rings. The number of β-amino-alcohol motifs (C(OH)–C–C–N with tert-alkyl or cyclic N) is 1. The summed E-state index contributed by atoms with van der Waals surface area (Å²) in [5, 5.41) is 23.5. The van der Waals surface area contributed by atoms with Gasteiger partial charge in [0.05, 0.1) is 36.8 Å². The smallest absolute Gasteiger partial charge is 0.171 e. The number of hydrogen-bond donors (Lipinski definition) is 2. The lowest BCUT2D eigenvalue weighted by molar-refractivity contribution is -0.155. The van der Waals surface area contributed by atoms with Gasteiger partial charge >= 0.3 is 0 Å². The number of ether oxygens (including phenoxy) is 2. The van der Waals surface area contributed by atoms with Gasteiger partial charge in [-0.25, -0.2) is 8.91 Å². The number of fused-ring (bicyclic) bond motifs is 3. The zero-order chi connectivity index (χ0) is 26.9. The van der Waals surface area contributed by atoms with Crippen LogP contribution >= 0.6 is 0 Å². The van der Waals surface area contributed by atoms with E-state index in [2.05, 4.69) is 44.1 Å². The second-order valence-electron chi connectivity index (χ2n) is 11.4. The lowest BCUT2D eigenvalue weighted by Crippen LogP contribution is -2.62. The molecule has 1 spiro atoms. The fourth-order valence-electron chi connectivity index (χ4n) is 6.74. The highest BCUT2D eigenvalue weighted by molar-refractivity contribution is 5.74. The number of nitriles is 1. The highest BCUT2D eigenvalue weighted by atomic mass is 19.1. The predicted molar refractivity (Wildman–Crippen MR) is 142 cm³/mol. The maximum Gasteiger partial charge on any atom is 0.171 e. The Morgan fingerprint density at radius 2 is 2.03 bits per heavy atom. The predicted octanol–water partition coefficient (Wildman–Crippen LogP) is 1.19. The summed E-state index contributed by atoms with van der Waals surface area (Å²) in [6.45, 7) is 7.39. The Morgan fingerprint density at radius 1 is 1.18 bits per heavy atom. The average molecular weight is 534 g/mol. The van der Waals surface area contributed by atoms with E-state index in [0.29, 0.717) is 44.0 Å². The summed E-state index contributed by atoms with van der Waals surface area (Å²) in [7, 11) is 0. The molecule has 6 heterocycles. The number of halogens is 1. The first-order valence-electron chi connectivity index (χ1n) is 13.5. The van der Waals surface area contributed by atoms with Gasteiger partial charge in [0.25, 0.3) is 0 Å². The summed E-state index contributed by atoms with van der Waals surface area (Å²) in [6, 6.07) is 11.8. The van der Waals surface area contributed by atoms with Gasteiger partial charge in [-0.2, -0.15) is 10.4 Å². The van der Waals surface area contributed by atoms with Crippen LogP contribution in [0.1, 0.15) is 23.7 Å². The van der Waals surface area contributed by atoms with Gasteiger partial charge in [0.15, 0.2) is 5.82 Å². The van der Waals surface area contributed by atoms with E-state index in [1.165, 1.54) is 15.6 Å². The minimum absolute atomic E-state index is 0.0280. The number of likely N-dealkylation sites (tertiary alicyclic amines) is 1. The molecule has 0 bridgehead atoms. The fourth-order valence-corrected chi connectivity index (χ4v) is 6.74. The Bertz CT molecular complexity index is 1460. The molecule has 0 unspecified atom stereocenters. The molecule has 11 heteroatoms. The Hall–Kier alpha value is -3.27. The van der Waals surface area contributed by atoms with Crippen molar-refractivity contribution in [2.45, 2.75) is 43.5 Å². The lowest BCUT2D eigenvalue weighted by Gasteiger charge is -2.50. The number of nitrogens with two attached hydrogens (primary N) is 1. The summed E-state index contributed by atoms with van der Waals surface area (Å²) in [4.78, 5) is 6.63. The van der Waals surface area contributed by atoms with Crippen molar-refractivity contribution < 1.29 is 19.0 Å². The topological polar surface area (TPSA) is 116 Å². The molecule has 39 heavy (non-hydrogen) atoms. The van der Waals surface area contributed by atoms with Crippen LogP contribution in [-0.2, 0) is 21.7 Å². The van der Waals surface area contributed by atoms with Crippen molar-refractivity contribution in [3.63, 3.8) is 0 Å². The molecule has 1 aromatic carbocycles. The zero-order valence-electron chi connectivity index (χ0n) is 21.8. The van der Waals surface area contributed by atoms with Gasteiger partial charge in [-0.1, -0.05) is 6.07 Å². The summed E-state index contributed by atoms with van der Waals surface area (Å²) in [5.74, 6) is -0.438. The van der Waals surface area contributed by atoms with Gasteiger partial charge in [0.1, 0.15) is 22.9 Å². The minimum atomic E-state index is -0.497. The third kappa shape index (κ3) is 4.06. The van der Waals surface area contributed by atoms with Crippen LogP contribution in [0.25, 0.3) is 5.52 Å². The summed E-state index contributed by atoms with van der Waals surface area (Å²) < 4.78 is 28.7. The van der Waals surface area contributed by atoms with Crippen molar-refractivity contribution in [3.8, 4) is 6.07 Å². The van der Waals surface area contributed by atoms with E-state index in [-0.39, 0.29) is 23.9 Å². The van der Waals surface area contributed by atoms with Crippen LogP contribution in [-0.4, -0.2) is 89.8 Å². The average Bonchev–Trinajstić information content (AvgIpc) is 3.58. The van der Waals surface area contributed by atoms with Crippen LogP contribution < -0.4 is 15.5 Å². The number of rotatable bonds is 4. The number of aliphatic hydroxyl groups excluding tert-OH is 1. The van der Waals surface area contributed by atoms with Gasteiger partial charge in [0.2, 0.25) is 0 Å². The van der Waals surface area contributed by atoms with Crippen LogP contribution in [0.15, 0.2) is 36.5 Å². The molecule has 10 nitrogen and oxygen atoms in total. The number of morpholine rings is 1. The number of anilines is 2. The molecule has 3 fully saturated rings. The molecule has 0 aliphatic carbocycles. The van der Waals surface area contributed by atoms with E-state index in [9.17, 15) is 14.8 Å². The largest absolute Gasteiger partial charge is 0.390 e. The second-order valence-corrected chi connectivity index (χ2v) is 11.4. The minimum Gasteiger partial charge on any atom is -0.390 e. The van der Waals surface area contributed by atoms with Crippen LogP contribution in [0.5, 0.6) is 0 Å². The normalized spacial score (nSPS) is 28.2. The maximum absolute atomic E-state index is 14.7. The summed E-state index contributed by atoms with van der Waals surface area (Å²) >= 11 is 0. The van der Waals surface area contributed by atoms with E-state index in [1.807, 2.05) is 6.92 Å². The molecular formula is C28H32FN7O3. The molecule has 0 saturated carbocycles. The Balaban J connectivity index is 1.03. The van der Waals surface area contributed by atoms with Crippen LogP contribution in [0, 0.1) is 17.1 Å². The van der Waals surface area contributed by atoms with E-state index in [4.69, 9.17) is 15.2 Å². The van der Waals surface area contributed by atoms with Crippen LogP contribution in [0.2, 0.25) is 0 Å². The molecule has 3 N–H and O–H groups in total. The van der Waals surface area contributed by atoms with E-state index < -0.39 is 11.9 Å². The summed E-state index contributed by atoms with van der Waals surface area (Å²) in [6.07, 6.45) is 0.581. The molecule has 3 saturated heterocycles. The third-order valence-corrected chi connectivity index (χ3v) is 8.58. The number of benzene rings is 1. The lowest BCUT2D eigenvalue weighted by atomic mass is 9.85. The fraction of sp³-hybridized carbons (Fsp3) is 0.500. The highest BCUT2D eigenvalue weighted by Crippen LogP contribution is 2.45. The number of aliphatic hydroxyl groups is 1. The molecule has 2 aromatic heterocycles. The first-order valence-corrected chi connectivity index (χ1v) is 13.5. The molecule has 3 aromatic rings. The van der Waals surface area contributed by atoms with Crippen molar-refractivity contribution in [2.75, 3.05) is 55.6 Å². The first kappa shape index (κ1) is 24.7. The van der Waals surface area contributed by atoms with Crippen LogP contribution in [0.3, 0.4) is 0 Å². The molecule has 4 aliphatic heterocycles. The molecule has 0 radical (unpaired) electrons. The van der Waals surface area contributed by atoms with Gasteiger partial charge in [-0.3, -0.25) is 4.90 Å². The molecule has 204 valence electrons. The molecule has 4 atom stereocenters. The number of pyridine rings is 1. The van der Waals surface area contributed by atoms with Crippen molar-refractivity contribution >= 4 is 16.9 Å². The monoisotopic (exact) mass is 533 g/mol. The quantitative estimate of drug-likeness (QED) is 0.510. The van der Waals surface area contributed by atoms with Crippen molar-refractivity contribution in [1.82, 2.24) is 14.5 Å². The van der Waals surface area contributed by atoms with Gasteiger partial charge in [-0.15, -0.1) is 0 Å². The number of hydrogen-bond acceptors (Lipinski definition) is 9. The number of nitrogens with zero attached hydrogens (tertiary/aromatic N) is 6. The second kappa shape index (κ2) is 9.15. The van der Waals surface area contributed by atoms with Crippen molar-refractivity contribution in [1.29, 1.82) is 5.26 Å².